The lowest BCUT2D eigenvalue weighted by molar-refractivity contribution is -0.116. The number of nitrogens with zero attached hydrogens (tertiary/aromatic N) is 3. The Hall–Kier alpha value is -4.43. The predicted molar refractivity (Wildman–Crippen MR) is 154 cm³/mol. The van der Waals surface area contributed by atoms with Crippen LogP contribution in [0.1, 0.15) is 63.1 Å². The Morgan fingerprint density at radius 1 is 1.09 bits per heavy atom. The summed E-state index contributed by atoms with van der Waals surface area (Å²) in [4.78, 5) is 35.2. The molecule has 2 aromatic heterocycles. The van der Waals surface area contributed by atoms with Crippen LogP contribution >= 0.6 is 0 Å². The zero-order valence-corrected chi connectivity index (χ0v) is 24.4. The molecule has 43 heavy (non-hydrogen) atoms. The van der Waals surface area contributed by atoms with Crippen molar-refractivity contribution in [3.63, 3.8) is 0 Å². The van der Waals surface area contributed by atoms with Crippen LogP contribution in [0, 0.1) is 29.3 Å². The number of ether oxygens (including phenoxy) is 2. The van der Waals surface area contributed by atoms with Gasteiger partial charge in [0.15, 0.2) is 5.82 Å². The average Bonchev–Trinajstić information content (AvgIpc) is 2.95. The summed E-state index contributed by atoms with van der Waals surface area (Å²) >= 11 is 0. The highest BCUT2D eigenvalue weighted by atomic mass is 19.1. The van der Waals surface area contributed by atoms with E-state index in [-0.39, 0.29) is 42.4 Å². The van der Waals surface area contributed by atoms with Crippen molar-refractivity contribution in [1.29, 1.82) is 0 Å². The second kappa shape index (κ2) is 13.7. The highest BCUT2D eigenvalue weighted by molar-refractivity contribution is 5.92. The normalized spacial score (nSPS) is 17.4. The second-order valence-corrected chi connectivity index (χ2v) is 11.1. The Bertz CT molecular complexity index is 1520. The summed E-state index contributed by atoms with van der Waals surface area (Å²) in [5, 5.41) is 2.63. The molecule has 1 aliphatic rings. The molecule has 0 saturated carbocycles. The van der Waals surface area contributed by atoms with Crippen LogP contribution in [0.15, 0.2) is 55.1 Å². The fourth-order valence-electron chi connectivity index (χ4n) is 4.63. The van der Waals surface area contributed by atoms with Crippen LogP contribution in [0.2, 0.25) is 0 Å². The number of rotatable bonds is 6. The Kier molecular flexibility index (Phi) is 10.0. The van der Waals surface area contributed by atoms with Gasteiger partial charge in [0.1, 0.15) is 23.3 Å². The van der Waals surface area contributed by atoms with Gasteiger partial charge in [-0.3, -0.25) is 19.7 Å². The molecule has 3 heterocycles. The SMILES string of the molecule is CC[C@@H]1COC(C#Cc2c(F)cncc2NC(=O)C[C@H](c2ccc(F)cc2)c2ccncc2F)CN1C(=O)OC(C)(C)C. The highest BCUT2D eigenvalue weighted by Crippen LogP contribution is 2.31. The largest absolute Gasteiger partial charge is 0.444 e. The molecule has 0 aliphatic carbocycles. The van der Waals surface area contributed by atoms with Gasteiger partial charge >= 0.3 is 6.09 Å². The van der Waals surface area contributed by atoms with Crippen molar-refractivity contribution < 1.29 is 32.2 Å². The van der Waals surface area contributed by atoms with Gasteiger partial charge in [0, 0.05) is 18.5 Å². The van der Waals surface area contributed by atoms with E-state index in [0.29, 0.717) is 12.0 Å². The van der Waals surface area contributed by atoms with E-state index in [4.69, 9.17) is 9.47 Å². The van der Waals surface area contributed by atoms with Gasteiger partial charge in [-0.25, -0.2) is 18.0 Å². The molecule has 11 heteroatoms. The van der Waals surface area contributed by atoms with Crippen molar-refractivity contribution in [3.8, 4) is 11.8 Å². The van der Waals surface area contributed by atoms with Crippen molar-refractivity contribution in [3.05, 3.63) is 89.3 Å². The van der Waals surface area contributed by atoms with Gasteiger partial charge in [0.2, 0.25) is 5.91 Å². The van der Waals surface area contributed by atoms with Crippen LogP contribution in [0.5, 0.6) is 0 Å². The number of anilines is 1. The topological polar surface area (TPSA) is 93.6 Å². The summed E-state index contributed by atoms with van der Waals surface area (Å²) in [5.41, 5.74) is -0.0865. The van der Waals surface area contributed by atoms with Crippen LogP contribution in [-0.4, -0.2) is 57.8 Å². The summed E-state index contributed by atoms with van der Waals surface area (Å²) in [5.74, 6) is 2.37. The van der Waals surface area contributed by atoms with Crippen molar-refractivity contribution in [2.45, 2.75) is 64.2 Å². The number of hydrogen-bond acceptors (Lipinski definition) is 6. The van der Waals surface area contributed by atoms with Gasteiger partial charge in [0.05, 0.1) is 49.0 Å². The smallest absolute Gasteiger partial charge is 0.410 e. The average molecular weight is 595 g/mol. The van der Waals surface area contributed by atoms with Crippen molar-refractivity contribution in [2.75, 3.05) is 18.5 Å². The summed E-state index contributed by atoms with van der Waals surface area (Å²) in [6.07, 6.45) is 3.84. The van der Waals surface area contributed by atoms with E-state index in [1.165, 1.54) is 42.7 Å². The van der Waals surface area contributed by atoms with E-state index in [1.807, 2.05) is 6.92 Å². The van der Waals surface area contributed by atoms with E-state index in [0.717, 1.165) is 12.4 Å². The quantitative estimate of drug-likeness (QED) is 0.362. The molecule has 1 N–H and O–H groups in total. The molecule has 3 atom stereocenters. The summed E-state index contributed by atoms with van der Waals surface area (Å²) in [6.45, 7) is 7.62. The zero-order chi connectivity index (χ0) is 31.1. The second-order valence-electron chi connectivity index (χ2n) is 11.1. The van der Waals surface area contributed by atoms with E-state index in [1.54, 1.807) is 25.7 Å². The molecule has 1 unspecified atom stereocenters. The molecule has 0 spiro atoms. The Morgan fingerprint density at radius 3 is 2.49 bits per heavy atom. The van der Waals surface area contributed by atoms with Gasteiger partial charge in [-0.05, 0) is 56.5 Å². The van der Waals surface area contributed by atoms with Gasteiger partial charge in [-0.15, -0.1) is 0 Å². The number of benzene rings is 1. The number of hydrogen-bond donors (Lipinski definition) is 1. The minimum atomic E-state index is -0.777. The van der Waals surface area contributed by atoms with Gasteiger partial charge < -0.3 is 14.8 Å². The lowest BCUT2D eigenvalue weighted by atomic mass is 9.88. The molecule has 8 nitrogen and oxygen atoms in total. The molecule has 1 saturated heterocycles. The molecule has 3 aromatic rings. The lowest BCUT2D eigenvalue weighted by Gasteiger charge is -2.38. The molecule has 1 aliphatic heterocycles. The Labute approximate surface area is 248 Å². The Morgan fingerprint density at radius 2 is 1.81 bits per heavy atom. The number of aromatic nitrogens is 2. The molecule has 2 amide bonds. The molecule has 4 rings (SSSR count). The lowest BCUT2D eigenvalue weighted by Crippen LogP contribution is -2.53. The first-order chi connectivity index (χ1) is 20.4. The third-order valence-electron chi connectivity index (χ3n) is 6.77. The number of halogens is 3. The van der Waals surface area contributed by atoms with Crippen LogP contribution in [0.3, 0.4) is 0 Å². The zero-order valence-electron chi connectivity index (χ0n) is 24.4. The fourth-order valence-corrected chi connectivity index (χ4v) is 4.63. The van der Waals surface area contributed by atoms with E-state index in [2.05, 4.69) is 27.1 Å². The summed E-state index contributed by atoms with van der Waals surface area (Å²) in [7, 11) is 0. The number of nitrogens with one attached hydrogen (secondary N) is 1. The van der Waals surface area contributed by atoms with Crippen LogP contribution < -0.4 is 5.32 Å². The van der Waals surface area contributed by atoms with Crippen molar-refractivity contribution in [2.24, 2.45) is 0 Å². The Balaban J connectivity index is 1.54. The van der Waals surface area contributed by atoms with Crippen LogP contribution in [-0.2, 0) is 14.3 Å². The molecule has 226 valence electrons. The van der Waals surface area contributed by atoms with Gasteiger partial charge in [-0.1, -0.05) is 30.9 Å². The van der Waals surface area contributed by atoms with Gasteiger partial charge in [-0.2, -0.15) is 0 Å². The van der Waals surface area contributed by atoms with Crippen molar-refractivity contribution >= 4 is 17.7 Å². The maximum Gasteiger partial charge on any atom is 0.410 e. The number of morpholine rings is 1. The standard InChI is InChI=1S/C32H33F3N4O4/c1-5-22-19-42-23(18-39(22)31(41)43-32(2,3)4)10-11-25-28(35)16-37-17-29(25)38-30(40)14-26(20-6-8-21(33)9-7-20)24-12-13-36-15-27(24)34/h6-9,12-13,15-17,22-23,26H,5,14,18-19H2,1-4H3,(H,38,40)/t22-,23?,26-/m1/s1. The maximum atomic E-state index is 14.9. The fraction of sp³-hybridized carbons (Fsp3) is 0.375. The van der Waals surface area contributed by atoms with Crippen molar-refractivity contribution in [1.82, 2.24) is 14.9 Å². The summed E-state index contributed by atoms with van der Waals surface area (Å²) in [6, 6.07) is 6.65. The summed E-state index contributed by atoms with van der Waals surface area (Å²) < 4.78 is 54.5. The molecule has 1 fully saturated rings. The number of carbonyl (C=O) groups is 2. The first-order valence-electron chi connectivity index (χ1n) is 13.9. The van der Waals surface area contributed by atoms with Crippen LogP contribution in [0.4, 0.5) is 23.7 Å². The maximum absolute atomic E-state index is 14.9. The highest BCUT2D eigenvalue weighted by Gasteiger charge is 2.33. The van der Waals surface area contributed by atoms with Crippen LogP contribution in [0.25, 0.3) is 0 Å². The number of pyridine rings is 2. The first kappa shape index (κ1) is 31.5. The first-order valence-corrected chi connectivity index (χ1v) is 13.9. The molecular weight excluding hydrogens is 561 g/mol. The third-order valence-corrected chi connectivity index (χ3v) is 6.77. The molecular formula is C32H33F3N4O4. The predicted octanol–water partition coefficient (Wildman–Crippen LogP) is 5.82. The van der Waals surface area contributed by atoms with E-state index >= 15 is 0 Å². The minimum Gasteiger partial charge on any atom is -0.444 e. The third kappa shape index (κ3) is 8.32. The molecule has 0 bridgehead atoms. The van der Waals surface area contributed by atoms with E-state index < -0.39 is 47.1 Å². The number of carbonyl (C=O) groups excluding carboxylic acids is 2. The van der Waals surface area contributed by atoms with E-state index in [9.17, 15) is 22.8 Å². The molecule has 1 aromatic carbocycles. The minimum absolute atomic E-state index is 0.0109. The molecule has 0 radical (unpaired) electrons. The van der Waals surface area contributed by atoms with Gasteiger partial charge in [0.25, 0.3) is 0 Å². The number of amides is 2. The monoisotopic (exact) mass is 594 g/mol.